The first-order chi connectivity index (χ1) is 12.9. The van der Waals surface area contributed by atoms with Crippen molar-refractivity contribution in [3.8, 4) is 0 Å². The van der Waals surface area contributed by atoms with Gasteiger partial charge in [0.05, 0.1) is 4.90 Å². The lowest BCUT2D eigenvalue weighted by Gasteiger charge is -2.29. The van der Waals surface area contributed by atoms with Gasteiger partial charge in [0.1, 0.15) is 11.6 Å². The molecule has 0 spiro atoms. The summed E-state index contributed by atoms with van der Waals surface area (Å²) in [5, 5.41) is 8.52. The number of nitrogens with one attached hydrogen (secondary N) is 1. The summed E-state index contributed by atoms with van der Waals surface area (Å²) in [6.45, 7) is 4.92. The van der Waals surface area contributed by atoms with Gasteiger partial charge in [0.2, 0.25) is 5.13 Å². The van der Waals surface area contributed by atoms with Crippen molar-refractivity contribution in [3.05, 3.63) is 28.8 Å². The number of hydrogen-bond donors (Lipinski definition) is 1. The van der Waals surface area contributed by atoms with Gasteiger partial charge in [0.15, 0.2) is 0 Å². The third-order valence-corrected chi connectivity index (χ3v) is 6.32. The Bertz CT molecular complexity index is 927. The lowest BCUT2D eigenvalue weighted by molar-refractivity contribution is -0.123. The summed E-state index contributed by atoms with van der Waals surface area (Å²) in [5.41, 5.74) is 1.58. The molecule has 1 aliphatic rings. The van der Waals surface area contributed by atoms with E-state index >= 15 is 0 Å². The fourth-order valence-corrected chi connectivity index (χ4v) is 4.77. The number of amides is 1. The maximum Gasteiger partial charge on any atom is 0.263 e. The van der Waals surface area contributed by atoms with E-state index in [4.69, 9.17) is 4.74 Å². The maximum absolute atomic E-state index is 12.6. The van der Waals surface area contributed by atoms with Gasteiger partial charge in [-0.2, -0.15) is 0 Å². The van der Waals surface area contributed by atoms with Crippen molar-refractivity contribution in [3.63, 3.8) is 0 Å². The molecule has 0 bridgehead atoms. The van der Waals surface area contributed by atoms with Crippen molar-refractivity contribution in [2.45, 2.75) is 38.0 Å². The van der Waals surface area contributed by atoms with Crippen LogP contribution in [-0.4, -0.2) is 44.3 Å². The summed E-state index contributed by atoms with van der Waals surface area (Å²) in [5.74, 6) is -0.109. The molecule has 1 amide bonds. The number of benzene rings is 1. The third kappa shape index (κ3) is 4.63. The Labute approximate surface area is 162 Å². The predicted molar refractivity (Wildman–Crippen MR) is 104 cm³/mol. The van der Waals surface area contributed by atoms with E-state index in [1.165, 1.54) is 17.4 Å². The number of carbonyl (C=O) groups is 1. The lowest BCUT2D eigenvalue weighted by Crippen LogP contribution is -2.38. The van der Waals surface area contributed by atoms with Crippen LogP contribution in [0.2, 0.25) is 0 Å². The molecule has 0 fully saturated rings. The Morgan fingerprint density at radius 2 is 2.19 bits per heavy atom. The van der Waals surface area contributed by atoms with E-state index in [2.05, 4.69) is 14.9 Å². The zero-order chi connectivity index (χ0) is 19.4. The van der Waals surface area contributed by atoms with E-state index in [9.17, 15) is 13.2 Å². The molecule has 8 nitrogen and oxygen atoms in total. The van der Waals surface area contributed by atoms with Crippen molar-refractivity contribution in [1.82, 2.24) is 10.2 Å². The van der Waals surface area contributed by atoms with Gasteiger partial charge < -0.3 is 9.64 Å². The van der Waals surface area contributed by atoms with E-state index in [1.807, 2.05) is 6.92 Å². The number of ether oxygens (including phenoxy) is 1. The van der Waals surface area contributed by atoms with E-state index < -0.39 is 10.0 Å². The summed E-state index contributed by atoms with van der Waals surface area (Å²) in [4.78, 5) is 14.2. The second-order valence-electron chi connectivity index (χ2n) is 6.22. The van der Waals surface area contributed by atoms with Gasteiger partial charge in [-0.1, -0.05) is 18.3 Å². The summed E-state index contributed by atoms with van der Waals surface area (Å²) in [6.07, 6.45) is 2.35. The number of rotatable bonds is 7. The monoisotopic (exact) mass is 410 g/mol. The molecule has 1 aliphatic heterocycles. The number of fused-ring (bicyclic) bond motifs is 1. The Morgan fingerprint density at radius 3 is 2.89 bits per heavy atom. The molecule has 0 saturated heterocycles. The Balaban J connectivity index is 1.80. The highest BCUT2D eigenvalue weighted by molar-refractivity contribution is 7.93. The fourth-order valence-electron chi connectivity index (χ4n) is 2.89. The number of anilines is 2. The average Bonchev–Trinajstić information content (AvgIpc) is 3.04. The molecule has 10 heteroatoms. The Morgan fingerprint density at radius 1 is 1.37 bits per heavy atom. The fraction of sp³-hybridized carbons (Fsp3) is 0.471. The largest absolute Gasteiger partial charge is 0.372 e. The first kappa shape index (κ1) is 19.7. The number of hydrogen-bond acceptors (Lipinski definition) is 7. The molecule has 2 aromatic rings. The van der Waals surface area contributed by atoms with Gasteiger partial charge in [0.25, 0.3) is 15.9 Å². The lowest BCUT2D eigenvalue weighted by atomic mass is 10.0. The number of aromatic nitrogens is 2. The molecule has 2 heterocycles. The first-order valence-corrected chi connectivity index (χ1v) is 11.0. The van der Waals surface area contributed by atoms with Crippen LogP contribution in [0.25, 0.3) is 0 Å². The van der Waals surface area contributed by atoms with Crippen molar-refractivity contribution in [2.75, 3.05) is 29.4 Å². The number of aryl methyl sites for hydroxylation is 2. The summed E-state index contributed by atoms with van der Waals surface area (Å²) in [6, 6.07) is 4.82. The number of sulfonamides is 1. The van der Waals surface area contributed by atoms with E-state index in [0.717, 1.165) is 30.5 Å². The van der Waals surface area contributed by atoms with Crippen LogP contribution in [0, 0.1) is 6.92 Å². The van der Waals surface area contributed by atoms with Crippen molar-refractivity contribution in [1.29, 1.82) is 0 Å². The highest BCUT2D eigenvalue weighted by atomic mass is 32.2. The van der Waals surface area contributed by atoms with Crippen molar-refractivity contribution >= 4 is 38.1 Å². The van der Waals surface area contributed by atoms with E-state index in [-0.39, 0.29) is 22.5 Å². The molecular weight excluding hydrogens is 388 g/mol. The van der Waals surface area contributed by atoms with Gasteiger partial charge in [0, 0.05) is 18.8 Å². The zero-order valence-electron chi connectivity index (χ0n) is 15.3. The van der Waals surface area contributed by atoms with Crippen LogP contribution >= 0.6 is 11.3 Å². The van der Waals surface area contributed by atoms with Gasteiger partial charge in [-0.3, -0.25) is 9.52 Å². The molecule has 0 aliphatic carbocycles. The average molecular weight is 411 g/mol. The molecule has 1 aromatic carbocycles. The van der Waals surface area contributed by atoms with Gasteiger partial charge in [-0.25, -0.2) is 8.42 Å². The minimum Gasteiger partial charge on any atom is -0.372 e. The van der Waals surface area contributed by atoms with Crippen molar-refractivity contribution < 1.29 is 17.9 Å². The second kappa shape index (κ2) is 8.32. The highest BCUT2D eigenvalue weighted by Crippen LogP contribution is 2.30. The standard InChI is InChI=1S/C17H22N4O4S2/c1-3-9-25-11-16(22)21-8-4-5-13-10-14(6-7-15(13)21)27(23,24)20-17-19-18-12(2)26-17/h6-7,10H,3-5,8-9,11H2,1-2H3,(H,19,20). The third-order valence-electron chi connectivity index (χ3n) is 4.10. The molecule has 146 valence electrons. The van der Waals surface area contributed by atoms with Crippen LogP contribution in [0.4, 0.5) is 10.8 Å². The topological polar surface area (TPSA) is 101 Å². The number of nitrogens with zero attached hydrogens (tertiary/aromatic N) is 3. The zero-order valence-corrected chi connectivity index (χ0v) is 16.9. The summed E-state index contributed by atoms with van der Waals surface area (Å²) in [7, 11) is -3.76. The Kier molecular flexibility index (Phi) is 6.08. The molecule has 1 aromatic heterocycles. The smallest absolute Gasteiger partial charge is 0.263 e. The number of carbonyl (C=O) groups excluding carboxylic acids is 1. The quantitative estimate of drug-likeness (QED) is 0.703. The van der Waals surface area contributed by atoms with E-state index in [1.54, 1.807) is 24.0 Å². The van der Waals surface area contributed by atoms with Crippen LogP contribution in [0.15, 0.2) is 23.1 Å². The van der Waals surface area contributed by atoms with Crippen LogP contribution in [0.1, 0.15) is 30.3 Å². The molecular formula is C17H22N4O4S2. The summed E-state index contributed by atoms with van der Waals surface area (Å²) >= 11 is 1.17. The van der Waals surface area contributed by atoms with Crippen LogP contribution < -0.4 is 9.62 Å². The normalized spacial score (nSPS) is 14.1. The minimum atomic E-state index is -3.76. The first-order valence-electron chi connectivity index (χ1n) is 8.74. The molecule has 27 heavy (non-hydrogen) atoms. The van der Waals surface area contributed by atoms with Gasteiger partial charge in [-0.05, 0) is 49.9 Å². The molecule has 3 rings (SSSR count). The summed E-state index contributed by atoms with van der Waals surface area (Å²) < 4.78 is 33.0. The molecule has 0 saturated carbocycles. The second-order valence-corrected chi connectivity index (χ2v) is 9.09. The van der Waals surface area contributed by atoms with Gasteiger partial charge in [-0.15, -0.1) is 10.2 Å². The van der Waals surface area contributed by atoms with Crippen LogP contribution in [-0.2, 0) is 26.0 Å². The predicted octanol–water partition coefficient (Wildman–Crippen LogP) is 2.35. The van der Waals surface area contributed by atoms with Gasteiger partial charge >= 0.3 is 0 Å². The molecule has 1 N–H and O–H groups in total. The van der Waals surface area contributed by atoms with Crippen LogP contribution in [0.3, 0.4) is 0 Å². The SMILES string of the molecule is CCCOCC(=O)N1CCCc2cc(S(=O)(=O)Nc3nnc(C)s3)ccc21. The van der Waals surface area contributed by atoms with Crippen molar-refractivity contribution in [2.24, 2.45) is 0 Å². The molecule has 0 unspecified atom stereocenters. The van der Waals surface area contributed by atoms with Crippen LogP contribution in [0.5, 0.6) is 0 Å². The van der Waals surface area contributed by atoms with E-state index in [0.29, 0.717) is 18.2 Å². The maximum atomic E-state index is 12.6. The molecule has 0 atom stereocenters. The Hall–Kier alpha value is -2.04. The minimum absolute atomic E-state index is 0.0330. The highest BCUT2D eigenvalue weighted by Gasteiger charge is 2.25. The molecule has 0 radical (unpaired) electrons.